The molecule has 1 unspecified atom stereocenters. The van der Waals surface area contributed by atoms with Crippen LogP contribution in [0.4, 0.5) is 0 Å². The lowest BCUT2D eigenvalue weighted by atomic mass is 9.91. The van der Waals surface area contributed by atoms with Crippen molar-refractivity contribution in [3.8, 4) is 11.5 Å². The van der Waals surface area contributed by atoms with Gasteiger partial charge in [0.25, 0.3) is 11.8 Å². The normalized spacial score (nSPS) is 16.7. The van der Waals surface area contributed by atoms with Gasteiger partial charge >= 0.3 is 0 Å². The average molecular weight is 528 g/mol. The first-order valence-electron chi connectivity index (χ1n) is 13.8. The second kappa shape index (κ2) is 12.0. The molecule has 0 N–H and O–H groups in total. The van der Waals surface area contributed by atoms with E-state index in [1.54, 1.807) is 43.6 Å². The van der Waals surface area contributed by atoms with Gasteiger partial charge in [0, 0.05) is 31.5 Å². The van der Waals surface area contributed by atoms with E-state index in [0.29, 0.717) is 30.2 Å². The van der Waals surface area contributed by atoms with E-state index in [1.807, 2.05) is 43.3 Å². The molecule has 1 aliphatic carbocycles. The molecule has 2 heterocycles. The van der Waals surface area contributed by atoms with Crippen LogP contribution < -0.4 is 9.47 Å². The molecule has 1 atom stereocenters. The van der Waals surface area contributed by atoms with Crippen LogP contribution in [-0.4, -0.2) is 53.4 Å². The molecule has 1 fully saturated rings. The molecule has 3 aromatic rings. The van der Waals surface area contributed by atoms with Crippen molar-refractivity contribution in [2.75, 3.05) is 20.8 Å². The van der Waals surface area contributed by atoms with Crippen LogP contribution in [0.3, 0.4) is 0 Å². The Morgan fingerprint density at radius 1 is 0.974 bits per heavy atom. The number of imide groups is 1. The van der Waals surface area contributed by atoms with Gasteiger partial charge in [-0.15, -0.1) is 0 Å². The number of amides is 2. The van der Waals surface area contributed by atoms with Crippen LogP contribution in [0.2, 0.25) is 0 Å². The number of benzene rings is 2. The highest BCUT2D eigenvalue weighted by Crippen LogP contribution is 2.37. The van der Waals surface area contributed by atoms with Crippen LogP contribution in [0, 0.1) is 6.92 Å². The minimum Gasteiger partial charge on any atom is -0.493 e. The molecular formula is C32H37N3O4. The Morgan fingerprint density at radius 2 is 1.67 bits per heavy atom. The number of aryl methyl sites for hydroxylation is 1. The highest BCUT2D eigenvalue weighted by Gasteiger charge is 2.40. The summed E-state index contributed by atoms with van der Waals surface area (Å²) in [5.41, 5.74) is 4.76. The lowest BCUT2D eigenvalue weighted by Gasteiger charge is -2.40. The summed E-state index contributed by atoms with van der Waals surface area (Å²) in [6, 6.07) is 15.0. The van der Waals surface area contributed by atoms with Crippen molar-refractivity contribution in [2.24, 2.45) is 0 Å². The molecule has 7 heteroatoms. The van der Waals surface area contributed by atoms with E-state index in [-0.39, 0.29) is 17.9 Å². The minimum absolute atomic E-state index is 0.117. The highest BCUT2D eigenvalue weighted by atomic mass is 16.5. The molecule has 1 aromatic heterocycles. The molecule has 0 radical (unpaired) electrons. The summed E-state index contributed by atoms with van der Waals surface area (Å²) >= 11 is 0. The minimum atomic E-state index is -0.589. The van der Waals surface area contributed by atoms with E-state index in [0.717, 1.165) is 55.2 Å². The summed E-state index contributed by atoms with van der Waals surface area (Å²) in [6.07, 6.45) is 8.80. The van der Waals surface area contributed by atoms with E-state index in [2.05, 4.69) is 9.88 Å². The van der Waals surface area contributed by atoms with Gasteiger partial charge in [-0.3, -0.25) is 24.4 Å². The predicted octanol–water partition coefficient (Wildman–Crippen LogP) is 5.51. The first-order valence-corrected chi connectivity index (χ1v) is 13.8. The fourth-order valence-electron chi connectivity index (χ4n) is 5.93. The van der Waals surface area contributed by atoms with Crippen molar-refractivity contribution in [3.05, 3.63) is 88.7 Å². The van der Waals surface area contributed by atoms with Crippen LogP contribution in [0.15, 0.2) is 60.9 Å². The van der Waals surface area contributed by atoms with E-state index in [1.165, 1.54) is 5.56 Å². The molecular weight excluding hydrogens is 490 g/mol. The van der Waals surface area contributed by atoms with Crippen molar-refractivity contribution >= 4 is 11.8 Å². The Kier molecular flexibility index (Phi) is 8.27. The Hall–Kier alpha value is -3.71. The van der Waals surface area contributed by atoms with Gasteiger partial charge in [0.05, 0.1) is 19.8 Å². The standard InChI is InChI=1S/C32H37N3O4/c1-22-11-13-23(14-12-22)30(34-17-15-24-18-28(38-2)29(39-3)19-26(24)21-34)32(37)35(27-9-5-4-6-10-27)31(36)25-8-7-16-33-20-25/h7-8,11-14,16,18-20,27,30H,4-6,9-10,15,17,21H2,1-3H3. The molecule has 39 heavy (non-hydrogen) atoms. The lowest BCUT2D eigenvalue weighted by Crippen LogP contribution is -2.51. The number of hydrogen-bond donors (Lipinski definition) is 0. The van der Waals surface area contributed by atoms with Gasteiger partial charge in [0.2, 0.25) is 0 Å². The second-order valence-electron chi connectivity index (χ2n) is 10.6. The van der Waals surface area contributed by atoms with Crippen LogP contribution in [0.25, 0.3) is 0 Å². The van der Waals surface area contributed by atoms with Crippen molar-refractivity contribution in [1.82, 2.24) is 14.8 Å². The monoisotopic (exact) mass is 527 g/mol. The summed E-state index contributed by atoms with van der Waals surface area (Å²) in [6.45, 7) is 3.30. The number of fused-ring (bicyclic) bond motifs is 1. The third-order valence-electron chi connectivity index (χ3n) is 8.04. The molecule has 5 rings (SSSR count). The molecule has 7 nitrogen and oxygen atoms in total. The Labute approximate surface area is 230 Å². The smallest absolute Gasteiger partial charge is 0.262 e. The molecule has 0 saturated heterocycles. The van der Waals surface area contributed by atoms with Crippen LogP contribution in [-0.2, 0) is 17.8 Å². The van der Waals surface area contributed by atoms with E-state index < -0.39 is 6.04 Å². The molecule has 0 bridgehead atoms. The van der Waals surface area contributed by atoms with Crippen molar-refractivity contribution in [2.45, 2.75) is 64.1 Å². The number of ether oxygens (including phenoxy) is 2. The largest absolute Gasteiger partial charge is 0.493 e. The molecule has 1 saturated carbocycles. The number of hydrogen-bond acceptors (Lipinski definition) is 6. The summed E-state index contributed by atoms with van der Waals surface area (Å²) in [5, 5.41) is 0. The number of methoxy groups -OCH3 is 2. The molecule has 1 aliphatic heterocycles. The van der Waals surface area contributed by atoms with Gasteiger partial charge in [-0.25, -0.2) is 0 Å². The molecule has 2 aliphatic rings. The van der Waals surface area contributed by atoms with Gasteiger partial charge in [0.15, 0.2) is 11.5 Å². The maximum Gasteiger partial charge on any atom is 0.262 e. The van der Waals surface area contributed by atoms with Gasteiger partial charge in [-0.2, -0.15) is 0 Å². The maximum absolute atomic E-state index is 14.7. The van der Waals surface area contributed by atoms with Crippen molar-refractivity contribution in [3.63, 3.8) is 0 Å². The number of rotatable bonds is 7. The number of pyridine rings is 1. The summed E-state index contributed by atoms with van der Waals surface area (Å²) in [4.78, 5) is 36.5. The van der Waals surface area contributed by atoms with Gasteiger partial charge in [0.1, 0.15) is 6.04 Å². The lowest BCUT2D eigenvalue weighted by molar-refractivity contribution is -0.137. The van der Waals surface area contributed by atoms with Crippen LogP contribution >= 0.6 is 0 Å². The molecule has 0 spiro atoms. The van der Waals surface area contributed by atoms with Crippen molar-refractivity contribution in [1.29, 1.82) is 0 Å². The third-order valence-corrected chi connectivity index (χ3v) is 8.04. The Morgan fingerprint density at radius 3 is 2.31 bits per heavy atom. The molecule has 204 valence electrons. The Balaban J connectivity index is 1.54. The number of aromatic nitrogens is 1. The van der Waals surface area contributed by atoms with Crippen LogP contribution in [0.1, 0.15) is 70.8 Å². The zero-order valence-electron chi connectivity index (χ0n) is 23.1. The number of carbonyl (C=O) groups excluding carboxylic acids is 2. The summed E-state index contributed by atoms with van der Waals surface area (Å²) in [7, 11) is 3.28. The molecule has 2 amide bonds. The number of nitrogens with zero attached hydrogens (tertiary/aromatic N) is 3. The quantitative estimate of drug-likeness (QED) is 0.404. The van der Waals surface area contributed by atoms with Gasteiger partial charge < -0.3 is 9.47 Å². The van der Waals surface area contributed by atoms with Crippen LogP contribution in [0.5, 0.6) is 11.5 Å². The summed E-state index contributed by atoms with van der Waals surface area (Å²) in [5.74, 6) is 0.956. The fourth-order valence-corrected chi connectivity index (χ4v) is 5.93. The van der Waals surface area contributed by atoms with Gasteiger partial charge in [-0.1, -0.05) is 49.1 Å². The molecule has 2 aromatic carbocycles. The zero-order chi connectivity index (χ0) is 27.4. The van der Waals surface area contributed by atoms with E-state index in [9.17, 15) is 9.59 Å². The van der Waals surface area contributed by atoms with E-state index in [4.69, 9.17) is 9.47 Å². The Bertz CT molecular complexity index is 1300. The first kappa shape index (κ1) is 26.9. The summed E-state index contributed by atoms with van der Waals surface area (Å²) < 4.78 is 11.1. The maximum atomic E-state index is 14.7. The van der Waals surface area contributed by atoms with E-state index >= 15 is 0 Å². The fraction of sp³-hybridized carbons (Fsp3) is 0.406. The topological polar surface area (TPSA) is 72.0 Å². The first-order chi connectivity index (χ1) is 19.0. The van der Waals surface area contributed by atoms with Crippen molar-refractivity contribution < 1.29 is 19.1 Å². The second-order valence-corrected chi connectivity index (χ2v) is 10.6. The third kappa shape index (κ3) is 5.69. The average Bonchev–Trinajstić information content (AvgIpc) is 2.98. The number of carbonyl (C=O) groups is 2. The van der Waals surface area contributed by atoms with Gasteiger partial charge in [-0.05, 0) is 67.1 Å². The highest BCUT2D eigenvalue weighted by molar-refractivity contribution is 6.06. The zero-order valence-corrected chi connectivity index (χ0v) is 23.1. The SMILES string of the molecule is COc1cc2c(cc1OC)CN(C(C(=O)N(C(=O)c1cccnc1)C1CCCCC1)c1ccc(C)cc1)CC2. The predicted molar refractivity (Wildman–Crippen MR) is 150 cm³/mol.